The molecule has 0 fully saturated rings. The summed E-state index contributed by atoms with van der Waals surface area (Å²) in [6.07, 6.45) is 4.99. The summed E-state index contributed by atoms with van der Waals surface area (Å²) in [5.74, 6) is -1.44. The molecule has 9 nitrogen and oxygen atoms in total. The fourth-order valence-corrected chi connectivity index (χ4v) is 4.94. The zero-order chi connectivity index (χ0) is 32.9. The monoisotopic (exact) mass is 608 g/mol. The van der Waals surface area contributed by atoms with Gasteiger partial charge in [0.25, 0.3) is 5.91 Å². The molecule has 0 aliphatic carbocycles. The first kappa shape index (κ1) is 36.3. The van der Waals surface area contributed by atoms with Crippen molar-refractivity contribution in [1.29, 1.82) is 0 Å². The molecule has 4 N–H and O–H groups in total. The van der Waals surface area contributed by atoms with Crippen LogP contribution >= 0.6 is 0 Å². The number of aryl methyl sites for hydroxylation is 3. The van der Waals surface area contributed by atoms with Gasteiger partial charge >= 0.3 is 6.09 Å². The second kappa shape index (κ2) is 17.4. The smallest absolute Gasteiger partial charge is 0.408 e. The third kappa shape index (κ3) is 12.0. The first-order valence-electron chi connectivity index (χ1n) is 15.8. The van der Waals surface area contributed by atoms with Crippen LogP contribution in [0, 0.1) is 20.8 Å². The van der Waals surface area contributed by atoms with Gasteiger partial charge in [0.2, 0.25) is 11.8 Å². The van der Waals surface area contributed by atoms with Crippen LogP contribution in [0.4, 0.5) is 10.5 Å². The van der Waals surface area contributed by atoms with E-state index in [-0.39, 0.29) is 25.3 Å². The maximum Gasteiger partial charge on any atom is 0.408 e. The Kier molecular flexibility index (Phi) is 14.4. The Bertz CT molecular complexity index is 1270. The van der Waals surface area contributed by atoms with Gasteiger partial charge in [-0.3, -0.25) is 14.4 Å². The number of carbonyl (C=O) groups is 4. The molecular weight excluding hydrogens is 556 g/mol. The number of rotatable bonds is 16. The summed E-state index contributed by atoms with van der Waals surface area (Å²) in [5.41, 5.74) is 8.89. The molecule has 44 heavy (non-hydrogen) atoms. The molecule has 2 atom stereocenters. The van der Waals surface area contributed by atoms with Gasteiger partial charge in [-0.05, 0) is 82.7 Å². The molecule has 0 radical (unpaired) electrons. The molecule has 242 valence electrons. The van der Waals surface area contributed by atoms with Crippen LogP contribution in [-0.4, -0.2) is 46.9 Å². The summed E-state index contributed by atoms with van der Waals surface area (Å²) in [4.78, 5) is 54.8. The van der Waals surface area contributed by atoms with Crippen molar-refractivity contribution in [3.63, 3.8) is 0 Å². The molecule has 0 aliphatic rings. The lowest BCUT2D eigenvalue weighted by molar-refractivity contribution is -0.141. The Balaban J connectivity index is 2.57. The largest absolute Gasteiger partial charge is 0.444 e. The van der Waals surface area contributed by atoms with Crippen molar-refractivity contribution >= 4 is 29.5 Å². The van der Waals surface area contributed by atoms with E-state index in [0.29, 0.717) is 17.7 Å². The molecule has 0 heterocycles. The summed E-state index contributed by atoms with van der Waals surface area (Å²) >= 11 is 0. The number of nitrogens with two attached hydrogens (primary N) is 1. The molecule has 2 aromatic rings. The molecule has 9 heteroatoms. The van der Waals surface area contributed by atoms with E-state index >= 15 is 0 Å². The zero-order valence-electron chi connectivity index (χ0n) is 27.6. The third-order valence-electron chi connectivity index (χ3n) is 7.51. The first-order valence-corrected chi connectivity index (χ1v) is 15.8. The summed E-state index contributed by atoms with van der Waals surface area (Å²) in [5, 5.41) is 5.70. The number of amides is 4. The van der Waals surface area contributed by atoms with Crippen LogP contribution in [0.25, 0.3) is 0 Å². The van der Waals surface area contributed by atoms with Crippen LogP contribution in [0.15, 0.2) is 42.5 Å². The minimum Gasteiger partial charge on any atom is -0.444 e. The van der Waals surface area contributed by atoms with E-state index in [9.17, 15) is 19.2 Å². The number of hydrogen-bond donors (Lipinski definition) is 3. The van der Waals surface area contributed by atoms with E-state index in [4.69, 9.17) is 10.5 Å². The van der Waals surface area contributed by atoms with Crippen LogP contribution < -0.4 is 16.4 Å². The number of primary amides is 1. The van der Waals surface area contributed by atoms with Gasteiger partial charge in [-0.1, -0.05) is 75.4 Å². The quantitative estimate of drug-likeness (QED) is 0.184. The Morgan fingerprint density at radius 2 is 1.55 bits per heavy atom. The van der Waals surface area contributed by atoms with E-state index in [1.54, 1.807) is 25.7 Å². The van der Waals surface area contributed by atoms with Gasteiger partial charge in [0.15, 0.2) is 0 Å². The van der Waals surface area contributed by atoms with Gasteiger partial charge in [-0.15, -0.1) is 0 Å². The molecule has 0 saturated heterocycles. The highest BCUT2D eigenvalue weighted by Gasteiger charge is 2.36. The van der Waals surface area contributed by atoms with Gasteiger partial charge < -0.3 is 26.0 Å². The van der Waals surface area contributed by atoms with E-state index in [1.807, 2.05) is 63.2 Å². The minimum absolute atomic E-state index is 0.0283. The predicted octanol–water partition coefficient (Wildman–Crippen LogP) is 6.64. The van der Waals surface area contributed by atoms with Crippen LogP contribution in [0.1, 0.15) is 107 Å². The SMILES string of the molecule is CCCCCCCCN(C(=O)C(CCC(N)=O)NC(=O)OC(C)(C)C)C(C(=O)Nc1ccccc1C)c1ccc(C)c(C)c1. The van der Waals surface area contributed by atoms with Gasteiger partial charge in [-0.25, -0.2) is 4.79 Å². The Hall–Kier alpha value is -3.88. The Morgan fingerprint density at radius 1 is 0.886 bits per heavy atom. The van der Waals surface area contributed by atoms with Crippen LogP contribution in [0.2, 0.25) is 0 Å². The van der Waals surface area contributed by atoms with E-state index in [0.717, 1.165) is 48.8 Å². The summed E-state index contributed by atoms with van der Waals surface area (Å²) in [6, 6.07) is 11.1. The number of carbonyl (C=O) groups excluding carboxylic acids is 4. The molecule has 4 amide bonds. The van der Waals surface area contributed by atoms with Gasteiger partial charge in [-0.2, -0.15) is 0 Å². The fraction of sp³-hybridized carbons (Fsp3) is 0.543. The number of ether oxygens (including phenoxy) is 1. The second-order valence-electron chi connectivity index (χ2n) is 12.6. The highest BCUT2D eigenvalue weighted by molar-refractivity contribution is 5.99. The summed E-state index contributed by atoms with van der Waals surface area (Å²) in [6.45, 7) is 13.5. The number of unbranched alkanes of at least 4 members (excludes halogenated alkanes) is 5. The highest BCUT2D eigenvalue weighted by Crippen LogP contribution is 2.28. The molecular formula is C35H52N4O5. The lowest BCUT2D eigenvalue weighted by atomic mass is 9.97. The topological polar surface area (TPSA) is 131 Å². The van der Waals surface area contributed by atoms with Crippen molar-refractivity contribution in [2.75, 3.05) is 11.9 Å². The lowest BCUT2D eigenvalue weighted by Crippen LogP contribution is -2.53. The van der Waals surface area contributed by atoms with Crippen molar-refractivity contribution in [3.05, 3.63) is 64.7 Å². The van der Waals surface area contributed by atoms with Crippen molar-refractivity contribution in [3.8, 4) is 0 Å². The van der Waals surface area contributed by atoms with Crippen molar-refractivity contribution in [2.45, 2.75) is 118 Å². The zero-order valence-corrected chi connectivity index (χ0v) is 27.6. The van der Waals surface area contributed by atoms with Crippen molar-refractivity contribution in [2.24, 2.45) is 5.73 Å². The molecule has 2 unspecified atom stereocenters. The predicted molar refractivity (Wildman–Crippen MR) is 175 cm³/mol. The molecule has 2 aromatic carbocycles. The minimum atomic E-state index is -1.13. The molecule has 0 aliphatic heterocycles. The van der Waals surface area contributed by atoms with Gasteiger partial charge in [0, 0.05) is 18.7 Å². The third-order valence-corrected chi connectivity index (χ3v) is 7.51. The number of hydrogen-bond acceptors (Lipinski definition) is 5. The number of nitrogens with one attached hydrogen (secondary N) is 2. The second-order valence-corrected chi connectivity index (χ2v) is 12.6. The highest BCUT2D eigenvalue weighted by atomic mass is 16.6. The first-order chi connectivity index (χ1) is 20.7. The molecule has 0 aromatic heterocycles. The number of alkyl carbamates (subject to hydrolysis) is 1. The van der Waals surface area contributed by atoms with Crippen molar-refractivity contribution in [1.82, 2.24) is 10.2 Å². The average Bonchev–Trinajstić information content (AvgIpc) is 2.93. The van der Waals surface area contributed by atoms with E-state index < -0.39 is 35.6 Å². The van der Waals surface area contributed by atoms with Crippen molar-refractivity contribution < 1.29 is 23.9 Å². The maximum absolute atomic E-state index is 14.4. The van der Waals surface area contributed by atoms with E-state index in [2.05, 4.69) is 17.6 Å². The standard InChI is InChI=1S/C35H52N4O5/c1-8-9-10-11-12-15-22-39(33(42)29(20-21-30(36)40)38-34(43)44-35(5,6)7)31(27-19-18-24(2)26(4)23-27)32(41)37-28-17-14-13-16-25(28)3/h13-14,16-19,23,29,31H,8-12,15,20-22H2,1-7H3,(H2,36,40)(H,37,41)(H,38,43). The van der Waals surface area contributed by atoms with Gasteiger partial charge in [0.05, 0.1) is 0 Å². The van der Waals surface area contributed by atoms with Crippen LogP contribution in [0.5, 0.6) is 0 Å². The molecule has 2 rings (SSSR count). The molecule has 0 spiro atoms. The molecule has 0 bridgehead atoms. The summed E-state index contributed by atoms with van der Waals surface area (Å²) < 4.78 is 5.44. The Morgan fingerprint density at radius 3 is 2.16 bits per heavy atom. The van der Waals surface area contributed by atoms with Crippen LogP contribution in [0.3, 0.4) is 0 Å². The van der Waals surface area contributed by atoms with Crippen LogP contribution in [-0.2, 0) is 19.1 Å². The Labute approximate surface area is 263 Å². The average molecular weight is 609 g/mol. The molecule has 0 saturated carbocycles. The summed E-state index contributed by atoms with van der Waals surface area (Å²) in [7, 11) is 0. The maximum atomic E-state index is 14.4. The number of nitrogens with zero attached hydrogens (tertiary/aromatic N) is 1. The van der Waals surface area contributed by atoms with Gasteiger partial charge in [0.1, 0.15) is 17.7 Å². The van der Waals surface area contributed by atoms with E-state index in [1.165, 1.54) is 0 Å². The normalized spacial score (nSPS) is 12.6. The number of para-hydroxylation sites is 1. The number of anilines is 1. The number of benzene rings is 2. The fourth-order valence-electron chi connectivity index (χ4n) is 4.94. The lowest BCUT2D eigenvalue weighted by Gasteiger charge is -2.35.